The minimum Gasteiger partial charge on any atom is -0.448 e. The monoisotopic (exact) mass is 2080 g/mol. The fourth-order valence-corrected chi connectivity index (χ4v) is 20.7. The first-order valence-electron chi connectivity index (χ1n) is 48.2. The Labute approximate surface area is 850 Å². The second-order valence-corrected chi connectivity index (χ2v) is 40.7. The smallest absolute Gasteiger partial charge is 0.373 e. The Hall–Kier alpha value is -6.50. The molecule has 10 fully saturated rings. The van der Waals surface area contributed by atoms with Gasteiger partial charge in [0.2, 0.25) is 12.2 Å². The molecule has 0 spiro atoms. The van der Waals surface area contributed by atoms with Gasteiger partial charge in [-0.2, -0.15) is 19.2 Å². The molecule has 0 aromatic carbocycles. The molecule has 2 N–H and O–H groups in total. The van der Waals surface area contributed by atoms with Crippen LogP contribution in [0.25, 0.3) is 62.7 Å². The molecule has 10 saturated heterocycles. The molecule has 0 saturated carbocycles. The van der Waals surface area contributed by atoms with Gasteiger partial charge in [0.05, 0.1) is 128 Å². The molecule has 0 aromatic rings. The summed E-state index contributed by atoms with van der Waals surface area (Å²) >= 11 is 17.4. The Morgan fingerprint density at radius 3 is 0.817 bits per heavy atom. The summed E-state index contributed by atoms with van der Waals surface area (Å²) in [6.07, 6.45) is -12.2. The number of azide groups is 6. The molecular formula is C93H160Cl3N19O27. The minimum atomic E-state index is -2.14. The van der Waals surface area contributed by atoms with Crippen molar-refractivity contribution in [3.8, 4) is 0 Å². The van der Waals surface area contributed by atoms with E-state index in [1.54, 1.807) is 14.0 Å². The van der Waals surface area contributed by atoms with Gasteiger partial charge in [-0.3, -0.25) is 15.0 Å². The van der Waals surface area contributed by atoms with Crippen LogP contribution in [0, 0.1) is 100 Å². The lowest BCUT2D eigenvalue weighted by molar-refractivity contribution is -0.353. The number of carbonyl (C=O) groups excluding carboxylic acids is 6. The van der Waals surface area contributed by atoms with E-state index in [2.05, 4.69) is 80.9 Å². The molecule has 15 unspecified atom stereocenters. The van der Waals surface area contributed by atoms with E-state index in [9.17, 15) is 42.4 Å². The first-order valence-corrected chi connectivity index (χ1v) is 49.4. The van der Waals surface area contributed by atoms with E-state index in [0.29, 0.717) is 19.3 Å². The third kappa shape index (κ3) is 31.3. The lowest BCUT2D eigenvalue weighted by atomic mass is 9.80. The van der Waals surface area contributed by atoms with Crippen molar-refractivity contribution < 1.29 is 129 Å². The number of aliphatic hydroxyl groups is 1. The molecule has 49 heteroatoms. The van der Waals surface area contributed by atoms with Gasteiger partial charge in [0, 0.05) is 67.4 Å². The van der Waals surface area contributed by atoms with Gasteiger partial charge in [0.1, 0.15) is 18.2 Å². The summed E-state index contributed by atoms with van der Waals surface area (Å²) in [7, 11) is 3.07. The van der Waals surface area contributed by atoms with Crippen molar-refractivity contribution in [2.75, 3.05) is 14.2 Å². The van der Waals surface area contributed by atoms with Crippen LogP contribution in [-0.2, 0) is 124 Å². The quantitative estimate of drug-likeness (QED) is 0.0162. The average molecular weight is 2080 g/mol. The molecule has 810 valence electrons. The standard InChI is InChI=1S/C43H73N9O11.C28H44Cl3N7O7.C17H31N3O5.2CO2.3CH4/c1-15-28-18(4)19(5)31(47-50-44)42(56-28)62-37-21(7)23(9)40(63-38(37)26(12)53)61-36-25(11)33(49-52-46)43(58-30(36)17-3)59-34-20(6)22(8)39(55-27(34)13)60-35-24(10)32(48-51-45)41(54-14)57-29(35)16-2;1-9-17-11(3)12(4)19(35-37-33)25(40-17)43-22-13(5)14(6)24(44-23(22)16(8)39)42-21-15(7)20(36-38-34)26(41-18(21)10-2)45-27(32)28(29,30)31;1-7-12-15(10(4)13(19-20-18)17(22-6)24-12)25-16-9(3)8(2)14(21)11(5)23-16;2*2-1-3;;;/h18-25,27-43H,15-17H2,1-14H3;11-15,17-26,32H,9-10H2,1-8H3;8-17,21H,7H2,1-6H3;;;3*1H4/t18-,19-,20+,21+,22?,23?,24+,25+,27?,28-,29?,30?,31?,32?,33?,34-,35-,36-,37-,38-,39-,40+,41-,42+,43+;11-,12-,13+,14?,15+,17-,18-,19?,20?,21-,22-,23-,24+,25+,26+;8-,9?,10-,11?,12?,13?,14+,15+,16+,17+;;;;;/m001...../s1. The van der Waals surface area contributed by atoms with Gasteiger partial charge in [0.15, 0.2) is 68.2 Å². The van der Waals surface area contributed by atoms with Crippen molar-refractivity contribution in [2.45, 2.75) is 454 Å². The normalized spacial score (nSPS) is 43.2. The number of hydrogen-bond donors (Lipinski definition) is 2. The lowest BCUT2D eigenvalue weighted by Gasteiger charge is -2.51. The van der Waals surface area contributed by atoms with E-state index >= 15 is 0 Å². The lowest BCUT2D eigenvalue weighted by Crippen LogP contribution is -2.61. The fraction of sp³-hybridized carbons (Fsp3) is 0.946. The zero-order valence-corrected chi connectivity index (χ0v) is 87.1. The average Bonchev–Trinajstić information content (AvgIpc) is 0.767. The molecule has 50 atom stereocenters. The van der Waals surface area contributed by atoms with E-state index in [4.69, 9.17) is 160 Å². The molecule has 142 heavy (non-hydrogen) atoms. The fourth-order valence-electron chi connectivity index (χ4n) is 20.5. The molecule has 0 amide bonds. The van der Waals surface area contributed by atoms with E-state index < -0.39 is 194 Å². The maximum Gasteiger partial charge on any atom is 0.373 e. The van der Waals surface area contributed by atoms with Crippen LogP contribution in [0.4, 0.5) is 0 Å². The number of ketones is 2. The number of alkyl halides is 3. The number of ether oxygens (including phenoxy) is 20. The van der Waals surface area contributed by atoms with Crippen molar-refractivity contribution in [1.82, 2.24) is 0 Å². The number of Topliss-reactive ketones (excluding diaryl/α,β-unsaturated/α-hetero) is 2. The predicted octanol–water partition coefficient (Wildman–Crippen LogP) is 19.6. The van der Waals surface area contributed by atoms with E-state index in [-0.39, 0.29) is 166 Å². The summed E-state index contributed by atoms with van der Waals surface area (Å²) < 4.78 is 123. The first-order chi connectivity index (χ1) is 65.8. The number of halogens is 3. The number of hydrogen-bond acceptors (Lipinski definition) is 34. The Morgan fingerprint density at radius 2 is 0.542 bits per heavy atom. The molecule has 10 heterocycles. The molecule has 0 bridgehead atoms. The van der Waals surface area contributed by atoms with E-state index in [1.165, 1.54) is 21.0 Å². The van der Waals surface area contributed by atoms with Crippen LogP contribution in [-0.4, -0.2) is 262 Å². The van der Waals surface area contributed by atoms with Crippen molar-refractivity contribution >= 4 is 64.6 Å². The molecule has 0 radical (unpaired) electrons. The third-order valence-electron chi connectivity index (χ3n) is 30.4. The van der Waals surface area contributed by atoms with Crippen LogP contribution in [0.1, 0.15) is 241 Å². The number of rotatable bonds is 31. The molecule has 0 aromatic heterocycles. The first kappa shape index (κ1) is 130. The summed E-state index contributed by atoms with van der Waals surface area (Å²) in [4.78, 5) is 77.1. The highest BCUT2D eigenvalue weighted by Gasteiger charge is 2.58. The maximum atomic E-state index is 13.3. The van der Waals surface area contributed by atoms with Crippen LogP contribution < -0.4 is 0 Å². The van der Waals surface area contributed by atoms with Gasteiger partial charge in [0.25, 0.3) is 3.79 Å². The van der Waals surface area contributed by atoms with Crippen LogP contribution in [0.2, 0.25) is 0 Å². The zero-order valence-electron chi connectivity index (χ0n) is 84.9. The molecular weight excluding hydrogens is 1920 g/mol. The molecule has 10 rings (SSSR count). The highest BCUT2D eigenvalue weighted by Crippen LogP contribution is 2.49. The summed E-state index contributed by atoms with van der Waals surface area (Å²) in [5, 5.41) is 42.2. The molecule has 0 aliphatic carbocycles. The van der Waals surface area contributed by atoms with Crippen LogP contribution in [0.15, 0.2) is 30.7 Å². The summed E-state index contributed by atoms with van der Waals surface area (Å²) in [5.74, 6) is -3.27. The van der Waals surface area contributed by atoms with Crippen molar-refractivity contribution in [2.24, 2.45) is 125 Å². The van der Waals surface area contributed by atoms with E-state index in [1.807, 2.05) is 138 Å². The SMILES string of the molecule is C.C.C.CCC1O[C@H](OC)C(N=[N+]=[N-])[C@@H](C)[C@@H]1O[C@@H]1OC(C)[C@@H](O)[C@H](C)C1C.CCC1O[C@H](O[C@@H]2C(C)O[C@@H](O[C@@H]3C(CC)O[C@H](OC)C(N=[N+]=[N-])[C@H]3C)C(C)[C@H]2C)C(N=[N+]=[N-])[C@@H](C)[C@@H]1O[C@@H]1O[C@@H](C(C)=O)[C@@H](O[C@H]2O[C@@H](CC)[C@@H](C)[C@H](C)C2N=[N+]=[N-])[C@H](C)C1C.CC[C@@H]1O[C@H](O[C@H]2[C@H](C)C(C)[C@H](O[C@@H]3[C@H](CC)O[C@H](OC(=N)C(Cl)(Cl)Cl)C(N=[N+]=[N-])[C@H]3C)O[C@H]2C(C)=O)C(N=[N+]=[N-])[C@@H](C)[C@@H]1C.O=C=O.O=C=O. The van der Waals surface area contributed by atoms with Gasteiger partial charge >= 0.3 is 12.3 Å². The number of nitrogens with one attached hydrogen (secondary N) is 1. The number of aliphatic hydroxyl groups excluding tert-OH is 1. The summed E-state index contributed by atoms with van der Waals surface area (Å²) in [6.45, 7) is 50.6. The van der Waals surface area contributed by atoms with Gasteiger partial charge in [-0.25, -0.2) is 0 Å². The van der Waals surface area contributed by atoms with Crippen LogP contribution in [0.3, 0.4) is 0 Å². The van der Waals surface area contributed by atoms with Crippen molar-refractivity contribution in [3.63, 3.8) is 0 Å². The largest absolute Gasteiger partial charge is 0.448 e. The second-order valence-electron chi connectivity index (χ2n) is 38.4. The van der Waals surface area contributed by atoms with Gasteiger partial charge in [-0.1, -0.05) is 240 Å². The van der Waals surface area contributed by atoms with Gasteiger partial charge < -0.3 is 99.8 Å². The van der Waals surface area contributed by atoms with Crippen LogP contribution in [0.5, 0.6) is 0 Å². The van der Waals surface area contributed by atoms with Gasteiger partial charge in [-0.05, 0) is 170 Å². The molecule has 10 aliphatic rings. The van der Waals surface area contributed by atoms with Crippen molar-refractivity contribution in [1.29, 1.82) is 5.41 Å². The highest BCUT2D eigenvalue weighted by molar-refractivity contribution is 6.76. The predicted molar refractivity (Wildman–Crippen MR) is 519 cm³/mol. The number of carbonyl (C=O) groups is 2. The highest BCUT2D eigenvalue weighted by atomic mass is 35.6. The van der Waals surface area contributed by atoms with Crippen molar-refractivity contribution in [3.05, 3.63) is 62.7 Å². The Bertz CT molecular complexity index is 4250. The topological polar surface area (TPSA) is 624 Å². The zero-order chi connectivity index (χ0) is 104. The minimum absolute atomic E-state index is 0. The summed E-state index contributed by atoms with van der Waals surface area (Å²) in [5.41, 5.74) is 56.0. The number of methoxy groups -OCH3 is 2. The van der Waals surface area contributed by atoms with Crippen LogP contribution >= 0.6 is 34.8 Å². The second kappa shape index (κ2) is 60.8. The Balaban J connectivity index is 0.000000570. The maximum absolute atomic E-state index is 13.3. The number of nitrogens with zero attached hydrogens (tertiary/aromatic N) is 18. The van der Waals surface area contributed by atoms with E-state index in [0.717, 1.165) is 19.3 Å². The Kier molecular flexibility index (Phi) is 55.5. The molecule has 46 nitrogen and oxygen atoms in total. The molecule has 10 aliphatic heterocycles. The Morgan fingerprint density at radius 1 is 0.317 bits per heavy atom. The van der Waals surface area contributed by atoms with Gasteiger partial charge in [-0.15, -0.1) is 0 Å². The third-order valence-corrected chi connectivity index (χ3v) is 30.9. The summed E-state index contributed by atoms with van der Waals surface area (Å²) in [6, 6.07) is -3.95.